The molecule has 0 heterocycles. The molecule has 0 aromatic carbocycles. The molecule has 8 nitrogen and oxygen atoms in total. The second-order valence-corrected chi connectivity index (χ2v) is 0.365. The van der Waals surface area contributed by atoms with Crippen LogP contribution < -0.4 is 0 Å². The van der Waals surface area contributed by atoms with Crippen LogP contribution in [0.4, 0.5) is 0 Å². The molecule has 0 saturated heterocycles. The van der Waals surface area contributed by atoms with Crippen LogP contribution in [-0.2, 0) is 51.9 Å². The third-order valence-corrected chi connectivity index (χ3v) is 0. The van der Waals surface area contributed by atoms with Crippen LogP contribution in [0.5, 0.6) is 0 Å². The molecule has 0 unspecified atom stereocenters. The van der Waals surface area contributed by atoms with Gasteiger partial charge in [-0.1, -0.05) is 25.9 Å². The molecule has 0 rings (SSSR count). The molecule has 0 aliphatic heterocycles. The molecule has 0 fully saturated rings. The molecule has 1 radical (unpaired) electrons. The molecular formula is C4H4O8Y-4. The quantitative estimate of drug-likeness (QED) is 0.386. The van der Waals surface area contributed by atoms with Gasteiger partial charge < -0.3 is 39.6 Å². The Hall–Kier alpha value is -1.02. The van der Waals surface area contributed by atoms with Gasteiger partial charge in [-0.15, -0.1) is 0 Å². The monoisotopic (exact) mass is 269 g/mol. The van der Waals surface area contributed by atoms with Gasteiger partial charge >= 0.3 is 0 Å². The van der Waals surface area contributed by atoms with Gasteiger partial charge in [-0.25, -0.2) is 0 Å². The molecule has 0 saturated carbocycles. The van der Waals surface area contributed by atoms with Crippen LogP contribution in [0.3, 0.4) is 0 Å². The van der Waals surface area contributed by atoms with Crippen LogP contribution >= 0.6 is 0 Å². The zero-order chi connectivity index (χ0) is 10.8. The third-order valence-electron chi connectivity index (χ3n) is 0. The summed E-state index contributed by atoms with van der Waals surface area (Å²) in [6.45, 7) is 2.00. The molecule has 0 bridgehead atoms. The summed E-state index contributed by atoms with van der Waals surface area (Å²) in [5.41, 5.74) is 0. The third kappa shape index (κ3) is 859. The van der Waals surface area contributed by atoms with Gasteiger partial charge in [0.15, 0.2) is 0 Å². The second kappa shape index (κ2) is 123. The molecule has 13 heavy (non-hydrogen) atoms. The average Bonchev–Trinajstić information content (AvgIpc) is 1.92. The van der Waals surface area contributed by atoms with Crippen molar-refractivity contribution >= 4 is 25.9 Å². The van der Waals surface area contributed by atoms with E-state index in [1.165, 1.54) is 0 Å². The zero-order valence-corrected chi connectivity index (χ0v) is 8.84. The summed E-state index contributed by atoms with van der Waals surface area (Å²) in [5, 5.41) is 27.1. The summed E-state index contributed by atoms with van der Waals surface area (Å²) in [6, 6.07) is 0. The standard InChI is InChI=1S/4CHO2.Y/c4*2-1-3;/h4*(H,2,3);/q4*-1;. The minimum absolute atomic E-state index is 0. The second-order valence-electron chi connectivity index (χ2n) is 0.365. The van der Waals surface area contributed by atoms with Crippen molar-refractivity contribution in [1.29, 1.82) is 0 Å². The summed E-state index contributed by atoms with van der Waals surface area (Å²) in [7, 11) is 0. The van der Waals surface area contributed by atoms with Gasteiger partial charge in [0.25, 0.3) is 0 Å². The van der Waals surface area contributed by atoms with Crippen LogP contribution in [0.2, 0.25) is 0 Å². The first kappa shape index (κ1) is 29.6. The van der Waals surface area contributed by atoms with E-state index in [0.29, 0.717) is 25.9 Å². The van der Waals surface area contributed by atoms with Crippen molar-refractivity contribution in [3.05, 3.63) is 0 Å². The van der Waals surface area contributed by atoms with Gasteiger partial charge in [0.05, 0.1) is 0 Å². The fourth-order valence-electron chi connectivity index (χ4n) is 0. The first-order valence-corrected chi connectivity index (χ1v) is 1.71. The number of aliphatic hydroxyl groups excluding tert-OH is 4. The van der Waals surface area contributed by atoms with Crippen molar-refractivity contribution in [2.45, 2.75) is 0 Å². The van der Waals surface area contributed by atoms with Crippen molar-refractivity contribution in [3.8, 4) is 0 Å². The van der Waals surface area contributed by atoms with Crippen molar-refractivity contribution in [2.75, 3.05) is 0 Å². The zero-order valence-electron chi connectivity index (χ0n) is 6.00. The first-order chi connectivity index (χ1) is 5.66. The van der Waals surface area contributed by atoms with E-state index < -0.39 is 0 Å². The molecule has 4 N–H and O–H groups in total. The molecule has 0 amide bonds. The predicted molar refractivity (Wildman–Crippen MR) is 33.3 cm³/mol. The van der Waals surface area contributed by atoms with Crippen LogP contribution in [0.25, 0.3) is 0 Å². The van der Waals surface area contributed by atoms with Gasteiger partial charge in [-0.05, 0) is 0 Å². The summed E-state index contributed by atoms with van der Waals surface area (Å²) >= 11 is 0. The van der Waals surface area contributed by atoms with Gasteiger partial charge in [-0.2, -0.15) is 0 Å². The summed E-state index contributed by atoms with van der Waals surface area (Å²) in [6.07, 6.45) is 0. The Morgan fingerprint density at radius 1 is 0.538 bits per heavy atom. The molecule has 0 aliphatic carbocycles. The van der Waals surface area contributed by atoms with Gasteiger partial charge in [0.2, 0.25) is 0 Å². The maximum atomic E-state index is 8.24. The predicted octanol–water partition coefficient (Wildman–Crippen LogP) is -1.56. The minimum Gasteiger partial charge on any atom is -0.665 e. The van der Waals surface area contributed by atoms with E-state index in [9.17, 15) is 0 Å². The van der Waals surface area contributed by atoms with Crippen molar-refractivity contribution in [1.82, 2.24) is 0 Å². The largest absolute Gasteiger partial charge is 0.665 e. The molecule has 75 valence electrons. The molecule has 9 heteroatoms. The SMILES string of the molecule is O=[C-]O.O=[C-]O.O=[C-]O.O=[C-]O.[Y]. The van der Waals surface area contributed by atoms with Crippen molar-refractivity contribution < 1.29 is 72.3 Å². The molecule has 0 aromatic heterocycles. The summed E-state index contributed by atoms with van der Waals surface area (Å²) < 4.78 is 0. The van der Waals surface area contributed by atoms with Crippen LogP contribution in [0, 0.1) is 0 Å². The van der Waals surface area contributed by atoms with Gasteiger partial charge in [-0.3, -0.25) is 0 Å². The number of hydrogen-bond donors (Lipinski definition) is 4. The van der Waals surface area contributed by atoms with Crippen LogP contribution in [0.1, 0.15) is 0 Å². The molecular weight excluding hydrogens is 265 g/mol. The van der Waals surface area contributed by atoms with E-state index in [1.807, 2.05) is 0 Å². The van der Waals surface area contributed by atoms with Crippen molar-refractivity contribution in [2.24, 2.45) is 0 Å². The Balaban J connectivity index is -0.0000000213. The number of rotatable bonds is 0. The minimum atomic E-state index is 0. The molecule has 0 spiro atoms. The van der Waals surface area contributed by atoms with Gasteiger partial charge in [0, 0.05) is 32.7 Å². The maximum Gasteiger partial charge on any atom is 0 e. The van der Waals surface area contributed by atoms with Crippen LogP contribution in [-0.4, -0.2) is 46.3 Å². The van der Waals surface area contributed by atoms with E-state index in [-0.39, 0.29) is 32.7 Å². The summed E-state index contributed by atoms with van der Waals surface area (Å²) in [4.78, 5) is 32.9. The molecule has 0 atom stereocenters. The topological polar surface area (TPSA) is 149 Å². The maximum absolute atomic E-state index is 8.24. The Kier molecular flexibility index (Phi) is 280. The Morgan fingerprint density at radius 3 is 0.538 bits per heavy atom. The van der Waals surface area contributed by atoms with Gasteiger partial charge in [0.1, 0.15) is 0 Å². The Morgan fingerprint density at radius 2 is 0.538 bits per heavy atom. The number of hydrogen-bond acceptors (Lipinski definition) is 4. The van der Waals surface area contributed by atoms with E-state index in [2.05, 4.69) is 0 Å². The Bertz CT molecular complexity index is 70.1. The van der Waals surface area contributed by atoms with Crippen molar-refractivity contribution in [3.63, 3.8) is 0 Å². The fraction of sp³-hybridized carbons (Fsp3) is 0. The van der Waals surface area contributed by atoms with E-state index >= 15 is 0 Å². The average molecular weight is 269 g/mol. The molecule has 0 aliphatic rings. The van der Waals surface area contributed by atoms with E-state index in [1.54, 1.807) is 0 Å². The smallest absolute Gasteiger partial charge is 0 e. The van der Waals surface area contributed by atoms with E-state index in [0.717, 1.165) is 0 Å². The fourth-order valence-corrected chi connectivity index (χ4v) is 0. The van der Waals surface area contributed by atoms with E-state index in [4.69, 9.17) is 39.6 Å². The Labute approximate surface area is 98.1 Å². The summed E-state index contributed by atoms with van der Waals surface area (Å²) in [5.74, 6) is 0. The first-order valence-electron chi connectivity index (χ1n) is 1.71. The molecule has 0 aromatic rings. The normalized spacial score (nSPS) is 3.69. The van der Waals surface area contributed by atoms with Crippen LogP contribution in [0.15, 0.2) is 0 Å².